The average molecular weight is 406 g/mol. The van der Waals surface area contributed by atoms with E-state index in [2.05, 4.69) is 9.97 Å². The second-order valence-corrected chi connectivity index (χ2v) is 6.57. The third-order valence-electron chi connectivity index (χ3n) is 4.59. The fraction of sp³-hybridized carbons (Fsp3) is 0.0909. The maximum Gasteiger partial charge on any atom is 0.269 e. The molecule has 0 saturated carbocycles. The lowest BCUT2D eigenvalue weighted by molar-refractivity contribution is -0.119. The normalized spacial score (nSPS) is 10.9. The van der Waals surface area contributed by atoms with Crippen molar-refractivity contribution in [1.82, 2.24) is 14.5 Å². The summed E-state index contributed by atoms with van der Waals surface area (Å²) in [6.45, 7) is -0.383. The van der Waals surface area contributed by atoms with Crippen molar-refractivity contribution < 1.29 is 13.6 Å². The second kappa shape index (κ2) is 8.20. The quantitative estimate of drug-likeness (QED) is 0.510. The summed E-state index contributed by atoms with van der Waals surface area (Å²) in [6.07, 6.45) is 2.69. The lowest BCUT2D eigenvalue weighted by atomic mass is 10.2. The molecule has 0 atom stereocenters. The van der Waals surface area contributed by atoms with Crippen LogP contribution in [0.1, 0.15) is 5.69 Å². The Bertz CT molecular complexity index is 1280. The van der Waals surface area contributed by atoms with Crippen LogP contribution in [-0.4, -0.2) is 20.4 Å². The molecule has 8 heteroatoms. The predicted octanol–water partition coefficient (Wildman–Crippen LogP) is 3.30. The van der Waals surface area contributed by atoms with Gasteiger partial charge in [0.2, 0.25) is 5.91 Å². The Morgan fingerprint density at radius 3 is 2.57 bits per heavy atom. The zero-order chi connectivity index (χ0) is 21.1. The molecule has 4 aromatic rings. The minimum Gasteiger partial charge on any atom is -0.302 e. The lowest BCUT2D eigenvalue weighted by Gasteiger charge is -2.24. The van der Waals surface area contributed by atoms with Crippen molar-refractivity contribution in [1.29, 1.82) is 0 Å². The van der Waals surface area contributed by atoms with E-state index in [0.29, 0.717) is 22.8 Å². The number of pyridine rings is 1. The van der Waals surface area contributed by atoms with Gasteiger partial charge in [-0.1, -0.05) is 18.2 Å². The van der Waals surface area contributed by atoms with E-state index in [4.69, 9.17) is 0 Å². The SMILES string of the molecule is O=C(Cn1c(=O)cnc2ccccc21)N(Cc1ccccn1)c1ccc(F)cc1F. The molecular formula is C22H16F2N4O2. The van der Waals surface area contributed by atoms with Crippen LogP contribution in [0.5, 0.6) is 0 Å². The van der Waals surface area contributed by atoms with Crippen LogP contribution in [0.3, 0.4) is 0 Å². The number of hydrogen-bond donors (Lipinski definition) is 0. The monoisotopic (exact) mass is 406 g/mol. The van der Waals surface area contributed by atoms with Crippen LogP contribution in [0.4, 0.5) is 14.5 Å². The number of nitrogens with zero attached hydrogens (tertiary/aromatic N) is 4. The Morgan fingerprint density at radius 2 is 1.80 bits per heavy atom. The smallest absolute Gasteiger partial charge is 0.269 e. The van der Waals surface area contributed by atoms with E-state index in [-0.39, 0.29) is 18.8 Å². The molecule has 0 N–H and O–H groups in total. The third kappa shape index (κ3) is 3.93. The number of amides is 1. The Morgan fingerprint density at radius 1 is 1.00 bits per heavy atom. The molecule has 0 aliphatic rings. The number of fused-ring (bicyclic) bond motifs is 1. The second-order valence-electron chi connectivity index (χ2n) is 6.57. The molecule has 0 spiro atoms. The first-order chi connectivity index (χ1) is 14.5. The van der Waals surface area contributed by atoms with Crippen molar-refractivity contribution in [2.24, 2.45) is 0 Å². The molecule has 2 aromatic carbocycles. The lowest BCUT2D eigenvalue weighted by Crippen LogP contribution is -2.37. The number of anilines is 1. The minimum atomic E-state index is -0.883. The first kappa shape index (κ1) is 19.4. The molecule has 0 saturated heterocycles. The molecule has 30 heavy (non-hydrogen) atoms. The van der Waals surface area contributed by atoms with Gasteiger partial charge in [-0.3, -0.25) is 19.1 Å². The van der Waals surface area contributed by atoms with Crippen LogP contribution < -0.4 is 10.5 Å². The fourth-order valence-electron chi connectivity index (χ4n) is 3.16. The Balaban J connectivity index is 1.75. The molecule has 6 nitrogen and oxygen atoms in total. The summed E-state index contributed by atoms with van der Waals surface area (Å²) in [5.74, 6) is -2.19. The summed E-state index contributed by atoms with van der Waals surface area (Å²) in [7, 11) is 0. The average Bonchev–Trinajstić information content (AvgIpc) is 2.75. The van der Waals surface area contributed by atoms with Crippen LogP contribution in [0.2, 0.25) is 0 Å². The van der Waals surface area contributed by atoms with Gasteiger partial charge in [0.05, 0.1) is 35.2 Å². The number of halogens is 2. The van der Waals surface area contributed by atoms with Gasteiger partial charge < -0.3 is 4.90 Å². The molecule has 2 heterocycles. The summed E-state index contributed by atoms with van der Waals surface area (Å²) >= 11 is 0. The maximum atomic E-state index is 14.5. The maximum absolute atomic E-state index is 14.5. The Kier molecular flexibility index (Phi) is 5.30. The summed E-state index contributed by atoms with van der Waals surface area (Å²) in [5.41, 5.74) is 0.990. The van der Waals surface area contributed by atoms with Gasteiger partial charge in [-0.25, -0.2) is 13.8 Å². The summed E-state index contributed by atoms with van der Waals surface area (Å²) in [5, 5.41) is 0. The molecule has 150 valence electrons. The Hall–Kier alpha value is -3.94. The molecular weight excluding hydrogens is 390 g/mol. The van der Waals surface area contributed by atoms with E-state index in [0.717, 1.165) is 17.2 Å². The van der Waals surface area contributed by atoms with Crippen molar-refractivity contribution in [2.75, 3.05) is 4.90 Å². The van der Waals surface area contributed by atoms with Gasteiger partial charge in [0, 0.05) is 12.3 Å². The largest absolute Gasteiger partial charge is 0.302 e. The van der Waals surface area contributed by atoms with Gasteiger partial charge in [-0.2, -0.15) is 0 Å². The van der Waals surface area contributed by atoms with Crippen molar-refractivity contribution in [3.8, 4) is 0 Å². The van der Waals surface area contributed by atoms with E-state index in [1.165, 1.54) is 10.6 Å². The van der Waals surface area contributed by atoms with E-state index in [1.807, 2.05) is 0 Å². The van der Waals surface area contributed by atoms with Crippen molar-refractivity contribution in [3.05, 3.63) is 101 Å². The molecule has 2 aromatic heterocycles. The first-order valence-electron chi connectivity index (χ1n) is 9.13. The summed E-state index contributed by atoms with van der Waals surface area (Å²) in [6, 6.07) is 15.0. The van der Waals surface area contributed by atoms with Crippen molar-refractivity contribution in [3.63, 3.8) is 0 Å². The van der Waals surface area contributed by atoms with Gasteiger partial charge in [-0.15, -0.1) is 0 Å². The van der Waals surface area contributed by atoms with Gasteiger partial charge in [0.15, 0.2) is 0 Å². The molecule has 0 radical (unpaired) electrons. The van der Waals surface area contributed by atoms with Crippen LogP contribution >= 0.6 is 0 Å². The Labute approximate surface area is 170 Å². The van der Waals surface area contributed by atoms with Crippen LogP contribution in [0.15, 0.2) is 77.9 Å². The van der Waals surface area contributed by atoms with E-state index < -0.39 is 23.1 Å². The highest BCUT2D eigenvalue weighted by molar-refractivity contribution is 5.94. The summed E-state index contributed by atoms with van der Waals surface area (Å²) in [4.78, 5) is 35.0. The number of para-hydroxylation sites is 2. The van der Waals surface area contributed by atoms with Crippen LogP contribution in [-0.2, 0) is 17.9 Å². The number of rotatable bonds is 5. The summed E-state index contributed by atoms with van der Waals surface area (Å²) < 4.78 is 29.2. The first-order valence-corrected chi connectivity index (χ1v) is 9.13. The molecule has 0 aliphatic carbocycles. The van der Waals surface area contributed by atoms with Gasteiger partial charge in [0.25, 0.3) is 5.56 Å². The highest BCUT2D eigenvalue weighted by atomic mass is 19.1. The molecule has 0 unspecified atom stereocenters. The molecule has 1 amide bonds. The highest BCUT2D eigenvalue weighted by Gasteiger charge is 2.22. The minimum absolute atomic E-state index is 0.0417. The molecule has 0 bridgehead atoms. The molecule has 0 fully saturated rings. The number of carbonyl (C=O) groups is 1. The predicted molar refractivity (Wildman–Crippen MR) is 108 cm³/mol. The van der Waals surface area contributed by atoms with Crippen molar-refractivity contribution in [2.45, 2.75) is 13.1 Å². The van der Waals surface area contributed by atoms with E-state index in [1.54, 1.807) is 48.7 Å². The zero-order valence-electron chi connectivity index (χ0n) is 15.7. The third-order valence-corrected chi connectivity index (χ3v) is 4.59. The number of benzene rings is 2. The number of carbonyl (C=O) groups excluding carboxylic acids is 1. The van der Waals surface area contributed by atoms with E-state index in [9.17, 15) is 18.4 Å². The van der Waals surface area contributed by atoms with Gasteiger partial charge in [-0.05, 0) is 36.4 Å². The molecule has 4 rings (SSSR count). The van der Waals surface area contributed by atoms with E-state index >= 15 is 0 Å². The highest BCUT2D eigenvalue weighted by Crippen LogP contribution is 2.23. The number of aromatic nitrogens is 3. The zero-order valence-corrected chi connectivity index (χ0v) is 15.7. The van der Waals surface area contributed by atoms with Crippen LogP contribution in [0, 0.1) is 11.6 Å². The molecule has 0 aliphatic heterocycles. The fourth-order valence-corrected chi connectivity index (χ4v) is 3.16. The van der Waals surface area contributed by atoms with Crippen LogP contribution in [0.25, 0.3) is 11.0 Å². The van der Waals surface area contributed by atoms with Crippen molar-refractivity contribution >= 4 is 22.6 Å². The van der Waals surface area contributed by atoms with Gasteiger partial charge in [0.1, 0.15) is 18.2 Å². The standard InChI is InChI=1S/C22H16F2N4O2/c23-15-8-9-19(17(24)11-15)27(13-16-5-3-4-10-25-16)22(30)14-28-20-7-2-1-6-18(20)26-12-21(28)29/h1-12H,13-14H2. The van der Waals surface area contributed by atoms with Gasteiger partial charge >= 0.3 is 0 Å². The number of hydrogen-bond acceptors (Lipinski definition) is 4. The topological polar surface area (TPSA) is 68.1 Å².